The molecule has 0 amide bonds. The van der Waals surface area contributed by atoms with Gasteiger partial charge >= 0.3 is 0 Å². The monoisotopic (exact) mass is 686 g/mol. The zero-order valence-electron chi connectivity index (χ0n) is 29.1. The second-order valence-corrected chi connectivity index (χ2v) is 13.5. The standard InChI is InChI=1S/C50H30N4/c51-31-35-16-12-17-36(32-52)49(35)33-14-11-15-34(30-33)50-42(23-13-29-48(50)54-45-26-8-3-20-39(45)40-21-4-9-27-46(40)54)41-22-5-10-28-47(41)53-43-24-6-1-18-37(43)38-19-2-7-25-44(38)53/h1-30H. The number of para-hydroxylation sites is 5. The molecule has 0 saturated heterocycles. The van der Waals surface area contributed by atoms with Crippen molar-refractivity contribution in [3.05, 3.63) is 193 Å². The second-order valence-electron chi connectivity index (χ2n) is 13.5. The lowest BCUT2D eigenvalue weighted by molar-refractivity contribution is 1.17. The van der Waals surface area contributed by atoms with Gasteiger partial charge in [-0.15, -0.1) is 0 Å². The van der Waals surface area contributed by atoms with E-state index in [2.05, 4.69) is 173 Å². The summed E-state index contributed by atoms with van der Waals surface area (Å²) in [4.78, 5) is 0. The summed E-state index contributed by atoms with van der Waals surface area (Å²) in [6.45, 7) is 0. The second kappa shape index (κ2) is 12.5. The third-order valence-corrected chi connectivity index (χ3v) is 10.6. The van der Waals surface area contributed by atoms with Gasteiger partial charge in [0.25, 0.3) is 0 Å². The highest BCUT2D eigenvalue weighted by molar-refractivity contribution is 6.12. The molecule has 0 radical (unpaired) electrons. The minimum Gasteiger partial charge on any atom is -0.309 e. The molecule has 4 heteroatoms. The quantitative estimate of drug-likeness (QED) is 0.181. The minimum atomic E-state index is 0.471. The fraction of sp³-hybridized carbons (Fsp3) is 0. The maximum atomic E-state index is 10.2. The van der Waals surface area contributed by atoms with Gasteiger partial charge in [0.05, 0.1) is 56.7 Å². The summed E-state index contributed by atoms with van der Waals surface area (Å²) in [5.41, 5.74) is 13.2. The molecule has 0 aliphatic heterocycles. The lowest BCUT2D eigenvalue weighted by Crippen LogP contribution is -2.02. The van der Waals surface area contributed by atoms with Crippen molar-refractivity contribution >= 4 is 43.6 Å². The van der Waals surface area contributed by atoms with Gasteiger partial charge in [-0.1, -0.05) is 127 Å². The number of fused-ring (bicyclic) bond motifs is 6. The summed E-state index contributed by atoms with van der Waals surface area (Å²) >= 11 is 0. The number of hydrogen-bond acceptors (Lipinski definition) is 2. The zero-order chi connectivity index (χ0) is 36.2. The van der Waals surface area contributed by atoms with E-state index in [9.17, 15) is 10.5 Å². The van der Waals surface area contributed by atoms with E-state index >= 15 is 0 Å². The maximum Gasteiger partial charge on any atom is 0.0998 e. The molecule has 0 unspecified atom stereocenters. The highest BCUT2D eigenvalue weighted by atomic mass is 15.0. The van der Waals surface area contributed by atoms with Crippen molar-refractivity contribution in [3.63, 3.8) is 0 Å². The fourth-order valence-electron chi connectivity index (χ4n) is 8.39. The Morgan fingerprint density at radius 2 is 0.722 bits per heavy atom. The van der Waals surface area contributed by atoms with Crippen LogP contribution in [0, 0.1) is 22.7 Å². The van der Waals surface area contributed by atoms with Crippen molar-refractivity contribution in [2.75, 3.05) is 0 Å². The largest absolute Gasteiger partial charge is 0.309 e. The van der Waals surface area contributed by atoms with E-state index < -0.39 is 0 Å². The van der Waals surface area contributed by atoms with E-state index in [0.717, 1.165) is 61.3 Å². The van der Waals surface area contributed by atoms with E-state index in [0.29, 0.717) is 16.7 Å². The lowest BCUT2D eigenvalue weighted by atomic mass is 9.88. The molecule has 0 fully saturated rings. The first-order valence-corrected chi connectivity index (χ1v) is 18.0. The van der Waals surface area contributed by atoms with Crippen LogP contribution in [0.4, 0.5) is 0 Å². The molecule has 54 heavy (non-hydrogen) atoms. The fourth-order valence-corrected chi connectivity index (χ4v) is 8.39. The summed E-state index contributed by atoms with van der Waals surface area (Å²) in [6.07, 6.45) is 0. The van der Waals surface area contributed by atoms with E-state index in [-0.39, 0.29) is 0 Å². The molecular formula is C50H30N4. The summed E-state index contributed by atoms with van der Waals surface area (Å²) in [5, 5.41) is 25.1. The normalized spacial score (nSPS) is 11.3. The highest BCUT2D eigenvalue weighted by Crippen LogP contribution is 2.45. The van der Waals surface area contributed by atoms with Crippen LogP contribution >= 0.6 is 0 Å². The van der Waals surface area contributed by atoms with Crippen molar-refractivity contribution in [1.82, 2.24) is 9.13 Å². The molecule has 0 atom stereocenters. The number of rotatable bonds is 5. The third kappa shape index (κ3) is 4.68. The number of nitriles is 2. The molecule has 4 nitrogen and oxygen atoms in total. The molecule has 0 aliphatic rings. The average Bonchev–Trinajstić information content (AvgIpc) is 3.76. The Labute approximate surface area is 312 Å². The molecule has 2 aromatic heterocycles. The van der Waals surface area contributed by atoms with Gasteiger partial charge in [0.1, 0.15) is 0 Å². The first kappa shape index (κ1) is 31.1. The van der Waals surface area contributed by atoms with Crippen LogP contribution in [0.2, 0.25) is 0 Å². The molecule has 0 bridgehead atoms. The smallest absolute Gasteiger partial charge is 0.0998 e. The number of hydrogen-bond donors (Lipinski definition) is 0. The van der Waals surface area contributed by atoms with Crippen molar-refractivity contribution in [1.29, 1.82) is 10.5 Å². The number of nitrogens with zero attached hydrogens (tertiary/aromatic N) is 4. The Bertz CT molecular complexity index is 3060. The average molecular weight is 687 g/mol. The van der Waals surface area contributed by atoms with Crippen LogP contribution in [-0.2, 0) is 0 Å². The molecule has 10 aromatic rings. The van der Waals surface area contributed by atoms with Crippen LogP contribution in [0.3, 0.4) is 0 Å². The van der Waals surface area contributed by atoms with Gasteiger partial charge in [-0.25, -0.2) is 0 Å². The van der Waals surface area contributed by atoms with Crippen LogP contribution in [0.1, 0.15) is 11.1 Å². The first-order chi connectivity index (χ1) is 26.7. The van der Waals surface area contributed by atoms with Gasteiger partial charge in [0.15, 0.2) is 0 Å². The van der Waals surface area contributed by atoms with E-state index in [1.807, 2.05) is 12.1 Å². The molecule has 10 rings (SSSR count). The van der Waals surface area contributed by atoms with Crippen molar-refractivity contribution < 1.29 is 0 Å². The van der Waals surface area contributed by atoms with Crippen LogP contribution in [0.5, 0.6) is 0 Å². The minimum absolute atomic E-state index is 0.471. The maximum absolute atomic E-state index is 10.2. The predicted octanol–water partition coefficient (Wildman–Crippen LogP) is 12.6. The molecular weight excluding hydrogens is 657 g/mol. The van der Waals surface area contributed by atoms with Crippen molar-refractivity contribution in [2.24, 2.45) is 0 Å². The van der Waals surface area contributed by atoms with Gasteiger partial charge in [-0.2, -0.15) is 10.5 Å². The van der Waals surface area contributed by atoms with Gasteiger partial charge < -0.3 is 9.13 Å². The summed E-state index contributed by atoms with van der Waals surface area (Å²) in [5.74, 6) is 0. The Balaban J connectivity index is 1.33. The summed E-state index contributed by atoms with van der Waals surface area (Å²) < 4.78 is 4.76. The summed E-state index contributed by atoms with van der Waals surface area (Å²) in [6, 6.07) is 67.9. The van der Waals surface area contributed by atoms with Crippen molar-refractivity contribution in [2.45, 2.75) is 0 Å². The predicted molar refractivity (Wildman–Crippen MR) is 221 cm³/mol. The Hall–Kier alpha value is -7.66. The van der Waals surface area contributed by atoms with Gasteiger partial charge in [0, 0.05) is 38.2 Å². The number of benzene rings is 8. The van der Waals surface area contributed by atoms with Crippen LogP contribution in [-0.4, -0.2) is 9.13 Å². The topological polar surface area (TPSA) is 57.4 Å². The molecule has 8 aromatic carbocycles. The van der Waals surface area contributed by atoms with E-state index in [1.54, 1.807) is 18.2 Å². The molecule has 250 valence electrons. The molecule has 0 aliphatic carbocycles. The van der Waals surface area contributed by atoms with Crippen LogP contribution < -0.4 is 0 Å². The lowest BCUT2D eigenvalue weighted by Gasteiger charge is -2.21. The van der Waals surface area contributed by atoms with Gasteiger partial charge in [-0.3, -0.25) is 0 Å². The SMILES string of the molecule is N#Cc1cccc(C#N)c1-c1cccc(-c2c(-c3ccccc3-n3c4ccccc4c4ccccc43)cccc2-n2c3ccccc3c3ccccc32)c1. The van der Waals surface area contributed by atoms with Gasteiger partial charge in [0.2, 0.25) is 0 Å². The molecule has 0 saturated carbocycles. The Kier molecular flexibility index (Phi) is 7.22. The Morgan fingerprint density at radius 3 is 1.26 bits per heavy atom. The van der Waals surface area contributed by atoms with Crippen molar-refractivity contribution in [3.8, 4) is 56.9 Å². The van der Waals surface area contributed by atoms with Crippen LogP contribution in [0.15, 0.2) is 182 Å². The third-order valence-electron chi connectivity index (χ3n) is 10.6. The molecule has 0 N–H and O–H groups in total. The van der Waals surface area contributed by atoms with E-state index in [1.165, 1.54) is 21.5 Å². The highest BCUT2D eigenvalue weighted by Gasteiger charge is 2.22. The first-order valence-electron chi connectivity index (χ1n) is 18.0. The van der Waals surface area contributed by atoms with Crippen LogP contribution in [0.25, 0.3) is 88.4 Å². The van der Waals surface area contributed by atoms with Gasteiger partial charge in [-0.05, 0) is 71.3 Å². The zero-order valence-corrected chi connectivity index (χ0v) is 29.1. The Morgan fingerprint density at radius 1 is 0.333 bits per heavy atom. The molecule has 0 spiro atoms. The van der Waals surface area contributed by atoms with E-state index in [4.69, 9.17) is 0 Å². The number of aromatic nitrogens is 2. The summed E-state index contributed by atoms with van der Waals surface area (Å²) in [7, 11) is 0. The molecule has 2 heterocycles.